The lowest BCUT2D eigenvalue weighted by Gasteiger charge is -2.12. The summed E-state index contributed by atoms with van der Waals surface area (Å²) in [5, 5.41) is 14.9. The summed E-state index contributed by atoms with van der Waals surface area (Å²) in [6.45, 7) is 0. The highest BCUT2D eigenvalue weighted by Crippen LogP contribution is 2.31. The molecule has 0 spiro atoms. The number of nitrogens with zero attached hydrogens (tertiary/aromatic N) is 3. The Bertz CT molecular complexity index is 989. The zero-order chi connectivity index (χ0) is 19.4. The molecule has 1 amide bonds. The number of hydrogen-bond acceptors (Lipinski definition) is 5. The lowest BCUT2D eigenvalue weighted by molar-refractivity contribution is -0.384. The van der Waals surface area contributed by atoms with E-state index in [1.54, 1.807) is 37.5 Å². The van der Waals surface area contributed by atoms with Crippen molar-refractivity contribution < 1.29 is 9.72 Å². The first kappa shape index (κ1) is 18.9. The van der Waals surface area contributed by atoms with Crippen LogP contribution in [-0.4, -0.2) is 33.2 Å². The van der Waals surface area contributed by atoms with Crippen LogP contribution in [0.2, 0.25) is 5.02 Å². The van der Waals surface area contributed by atoms with Gasteiger partial charge in [0.1, 0.15) is 0 Å². The molecule has 0 saturated carbocycles. The number of non-ortho nitro benzene ring substituents is 1. The predicted octanol–water partition coefficient (Wildman–Crippen LogP) is 3.94. The maximum atomic E-state index is 11.6. The SMILES string of the molecule is CNC(=O)CSc1ncc(-c2cccc([N+](=O)[O-])c2)n1-c1ccc(Cl)cc1. The van der Waals surface area contributed by atoms with Crippen LogP contribution in [-0.2, 0) is 4.79 Å². The van der Waals surface area contributed by atoms with Gasteiger partial charge < -0.3 is 5.32 Å². The van der Waals surface area contributed by atoms with E-state index in [2.05, 4.69) is 10.3 Å². The second-order valence-electron chi connectivity index (χ2n) is 5.51. The fraction of sp³-hybridized carbons (Fsp3) is 0.111. The number of thioether (sulfide) groups is 1. The number of carbonyl (C=O) groups is 1. The second-order valence-corrected chi connectivity index (χ2v) is 6.89. The largest absolute Gasteiger partial charge is 0.358 e. The molecule has 0 atom stereocenters. The fourth-order valence-electron chi connectivity index (χ4n) is 2.46. The highest BCUT2D eigenvalue weighted by Gasteiger charge is 2.17. The van der Waals surface area contributed by atoms with Crippen molar-refractivity contribution in [3.05, 3.63) is 69.9 Å². The third kappa shape index (κ3) is 4.29. The smallest absolute Gasteiger partial charge is 0.270 e. The number of nitro benzene ring substituents is 1. The normalized spacial score (nSPS) is 10.6. The summed E-state index contributed by atoms with van der Waals surface area (Å²) in [7, 11) is 1.57. The number of rotatable bonds is 6. The monoisotopic (exact) mass is 402 g/mol. The van der Waals surface area contributed by atoms with Gasteiger partial charge in [0.2, 0.25) is 5.91 Å². The number of aromatic nitrogens is 2. The molecule has 3 rings (SSSR count). The van der Waals surface area contributed by atoms with E-state index in [1.807, 2.05) is 16.7 Å². The van der Waals surface area contributed by atoms with Crippen molar-refractivity contribution >= 4 is 35.0 Å². The molecule has 7 nitrogen and oxygen atoms in total. The Hall–Kier alpha value is -2.84. The first-order valence-corrected chi connectivity index (χ1v) is 9.28. The third-order valence-corrected chi connectivity index (χ3v) is 4.98. The van der Waals surface area contributed by atoms with Gasteiger partial charge in [-0.1, -0.05) is 35.5 Å². The van der Waals surface area contributed by atoms with Gasteiger partial charge in [-0.15, -0.1) is 0 Å². The summed E-state index contributed by atoms with van der Waals surface area (Å²) in [6, 6.07) is 13.5. The van der Waals surface area contributed by atoms with Gasteiger partial charge in [-0.25, -0.2) is 4.98 Å². The Morgan fingerprint density at radius 3 is 2.70 bits per heavy atom. The van der Waals surface area contributed by atoms with Crippen molar-refractivity contribution in [3.63, 3.8) is 0 Å². The summed E-state index contributed by atoms with van der Waals surface area (Å²) in [6.07, 6.45) is 1.64. The van der Waals surface area contributed by atoms with Crippen molar-refractivity contribution in [2.75, 3.05) is 12.8 Å². The topological polar surface area (TPSA) is 90.1 Å². The summed E-state index contributed by atoms with van der Waals surface area (Å²) >= 11 is 7.27. The number of nitrogens with one attached hydrogen (secondary N) is 1. The van der Waals surface area contributed by atoms with E-state index < -0.39 is 4.92 Å². The Morgan fingerprint density at radius 1 is 1.30 bits per heavy atom. The molecule has 1 N–H and O–H groups in total. The molecule has 0 unspecified atom stereocenters. The average Bonchev–Trinajstić information content (AvgIpc) is 3.10. The Kier molecular flexibility index (Phi) is 5.78. The van der Waals surface area contributed by atoms with Crippen LogP contribution in [0.4, 0.5) is 5.69 Å². The van der Waals surface area contributed by atoms with Crippen LogP contribution in [0.3, 0.4) is 0 Å². The van der Waals surface area contributed by atoms with Gasteiger partial charge in [0.15, 0.2) is 5.16 Å². The molecule has 0 radical (unpaired) electrons. The lowest BCUT2D eigenvalue weighted by atomic mass is 10.1. The van der Waals surface area contributed by atoms with E-state index in [4.69, 9.17) is 11.6 Å². The van der Waals surface area contributed by atoms with Crippen LogP contribution in [0.15, 0.2) is 59.9 Å². The quantitative estimate of drug-likeness (QED) is 0.383. The minimum absolute atomic E-state index is 0.00378. The van der Waals surface area contributed by atoms with Gasteiger partial charge in [0, 0.05) is 35.5 Å². The zero-order valence-electron chi connectivity index (χ0n) is 14.3. The minimum atomic E-state index is -0.437. The van der Waals surface area contributed by atoms with Crippen LogP contribution in [0.5, 0.6) is 0 Å². The standard InChI is InChI=1S/C18H15ClN4O3S/c1-20-17(24)11-27-18-21-10-16(12-3-2-4-15(9-12)23(25)26)22(18)14-7-5-13(19)6-8-14/h2-10H,11H2,1H3,(H,20,24). The molecule has 0 aliphatic carbocycles. The molecule has 2 aromatic carbocycles. The highest BCUT2D eigenvalue weighted by atomic mass is 35.5. The molecule has 0 saturated heterocycles. The molecule has 138 valence electrons. The van der Waals surface area contributed by atoms with Gasteiger partial charge in [0.25, 0.3) is 5.69 Å². The molecule has 0 bridgehead atoms. The summed E-state index contributed by atoms with van der Waals surface area (Å²) in [5.74, 6) is 0.0812. The first-order chi connectivity index (χ1) is 13.0. The Labute approximate surface area is 164 Å². The molecular weight excluding hydrogens is 388 g/mol. The van der Waals surface area contributed by atoms with Gasteiger partial charge in [-0.2, -0.15) is 0 Å². The second kappa shape index (κ2) is 8.24. The maximum absolute atomic E-state index is 11.6. The molecule has 0 fully saturated rings. The molecular formula is C18H15ClN4O3S. The van der Waals surface area contributed by atoms with Gasteiger partial charge in [-0.3, -0.25) is 19.5 Å². The van der Waals surface area contributed by atoms with Crippen molar-refractivity contribution in [1.82, 2.24) is 14.9 Å². The van der Waals surface area contributed by atoms with E-state index in [9.17, 15) is 14.9 Å². The highest BCUT2D eigenvalue weighted by molar-refractivity contribution is 7.99. The lowest BCUT2D eigenvalue weighted by Crippen LogP contribution is -2.20. The predicted molar refractivity (Wildman–Crippen MR) is 105 cm³/mol. The average molecular weight is 403 g/mol. The van der Waals surface area contributed by atoms with Crippen molar-refractivity contribution in [3.8, 4) is 16.9 Å². The van der Waals surface area contributed by atoms with Crippen molar-refractivity contribution in [1.29, 1.82) is 0 Å². The molecule has 27 heavy (non-hydrogen) atoms. The van der Waals surface area contributed by atoms with Crippen LogP contribution in [0, 0.1) is 10.1 Å². The van der Waals surface area contributed by atoms with E-state index in [0.717, 1.165) is 5.69 Å². The fourth-order valence-corrected chi connectivity index (χ4v) is 3.45. The van der Waals surface area contributed by atoms with Gasteiger partial charge in [-0.05, 0) is 24.3 Å². The summed E-state index contributed by atoms with van der Waals surface area (Å²) in [4.78, 5) is 26.7. The third-order valence-electron chi connectivity index (χ3n) is 3.78. The molecule has 9 heteroatoms. The maximum Gasteiger partial charge on any atom is 0.270 e. The van der Waals surface area contributed by atoms with Crippen LogP contribution < -0.4 is 5.32 Å². The van der Waals surface area contributed by atoms with Gasteiger partial charge in [0.05, 0.1) is 22.6 Å². The molecule has 0 aliphatic heterocycles. The number of nitro groups is 1. The number of imidazole rings is 1. The molecule has 1 aromatic heterocycles. The van der Waals surface area contributed by atoms with Gasteiger partial charge >= 0.3 is 0 Å². The number of amides is 1. The zero-order valence-corrected chi connectivity index (χ0v) is 15.8. The Balaban J connectivity index is 2.09. The summed E-state index contributed by atoms with van der Waals surface area (Å²) in [5.41, 5.74) is 2.12. The van der Waals surface area contributed by atoms with E-state index >= 15 is 0 Å². The van der Waals surface area contributed by atoms with Crippen LogP contribution in [0.1, 0.15) is 0 Å². The molecule has 1 heterocycles. The van der Waals surface area contributed by atoms with E-state index in [-0.39, 0.29) is 17.3 Å². The number of hydrogen-bond donors (Lipinski definition) is 1. The number of carbonyl (C=O) groups excluding carboxylic acids is 1. The number of benzene rings is 2. The van der Waals surface area contributed by atoms with Crippen molar-refractivity contribution in [2.45, 2.75) is 5.16 Å². The number of halogens is 1. The van der Waals surface area contributed by atoms with E-state index in [0.29, 0.717) is 21.4 Å². The van der Waals surface area contributed by atoms with Crippen LogP contribution in [0.25, 0.3) is 16.9 Å². The molecule has 3 aromatic rings. The van der Waals surface area contributed by atoms with Crippen molar-refractivity contribution in [2.24, 2.45) is 0 Å². The minimum Gasteiger partial charge on any atom is -0.358 e. The Morgan fingerprint density at radius 2 is 2.04 bits per heavy atom. The first-order valence-electron chi connectivity index (χ1n) is 7.91. The van der Waals surface area contributed by atoms with Crippen LogP contribution >= 0.6 is 23.4 Å². The molecule has 0 aliphatic rings. The van der Waals surface area contributed by atoms with E-state index in [1.165, 1.54) is 23.9 Å². The summed E-state index contributed by atoms with van der Waals surface area (Å²) < 4.78 is 1.85.